The van der Waals surface area contributed by atoms with E-state index >= 15 is 0 Å². The molecule has 0 aromatic heterocycles. The monoisotopic (exact) mass is 187 g/mol. The lowest BCUT2D eigenvalue weighted by Crippen LogP contribution is -2.44. The van der Waals surface area contributed by atoms with Crippen LogP contribution in [-0.2, 0) is 4.79 Å². The number of nitrogens with two attached hydrogens (primary N) is 1. The summed E-state index contributed by atoms with van der Waals surface area (Å²) in [5.41, 5.74) is 2.18. The van der Waals surface area contributed by atoms with E-state index in [-0.39, 0.29) is 17.9 Å². The van der Waals surface area contributed by atoms with Gasteiger partial charge in [-0.3, -0.25) is 10.2 Å². The lowest BCUT2D eigenvalue weighted by molar-refractivity contribution is -0.126. The van der Waals surface area contributed by atoms with Gasteiger partial charge in [0.25, 0.3) is 0 Å². The highest BCUT2D eigenvalue weighted by atomic mass is 16.2. The fourth-order valence-corrected chi connectivity index (χ4v) is 1.29. The van der Waals surface area contributed by atoms with Crippen LogP contribution in [0, 0.1) is 5.92 Å². The molecule has 3 N–H and O–H groups in total. The van der Waals surface area contributed by atoms with Gasteiger partial charge in [0.05, 0.1) is 5.92 Å². The molecule has 0 saturated carbocycles. The quantitative estimate of drug-likeness (QED) is 0.371. The summed E-state index contributed by atoms with van der Waals surface area (Å²) in [6, 6.07) is 0.225. The zero-order valence-electron chi connectivity index (χ0n) is 9.00. The van der Waals surface area contributed by atoms with E-state index in [0.29, 0.717) is 0 Å². The first kappa shape index (κ1) is 12.4. The first-order valence-corrected chi connectivity index (χ1v) is 4.75. The number of nitrogens with one attached hydrogen (secondary N) is 1. The van der Waals surface area contributed by atoms with Gasteiger partial charge in [-0.1, -0.05) is 13.8 Å². The minimum atomic E-state index is -0.101. The third-order valence-corrected chi connectivity index (χ3v) is 2.55. The van der Waals surface area contributed by atoms with Gasteiger partial charge in [-0.05, 0) is 26.9 Å². The molecule has 0 saturated heterocycles. The van der Waals surface area contributed by atoms with Crippen LogP contribution in [0.15, 0.2) is 0 Å². The average molecular weight is 187 g/mol. The van der Waals surface area contributed by atoms with Crippen LogP contribution < -0.4 is 11.3 Å². The molecule has 0 aromatic carbocycles. The normalized spacial score (nSPS) is 15.5. The molecule has 13 heavy (non-hydrogen) atoms. The molecule has 1 amide bonds. The summed E-state index contributed by atoms with van der Waals surface area (Å²) in [6.07, 6.45) is 1.10. The van der Waals surface area contributed by atoms with Gasteiger partial charge in [0, 0.05) is 6.04 Å². The molecular weight excluding hydrogens is 166 g/mol. The van der Waals surface area contributed by atoms with Crippen molar-refractivity contribution in [2.75, 3.05) is 13.6 Å². The summed E-state index contributed by atoms with van der Waals surface area (Å²) in [5, 5.41) is 0. The average Bonchev–Trinajstić information content (AvgIpc) is 2.14. The maximum absolute atomic E-state index is 11.2. The van der Waals surface area contributed by atoms with E-state index in [1.807, 2.05) is 20.9 Å². The van der Waals surface area contributed by atoms with Gasteiger partial charge in [0.1, 0.15) is 0 Å². The van der Waals surface area contributed by atoms with E-state index in [2.05, 4.69) is 17.2 Å². The number of amides is 1. The van der Waals surface area contributed by atoms with Gasteiger partial charge in [-0.25, -0.2) is 5.84 Å². The van der Waals surface area contributed by atoms with Gasteiger partial charge < -0.3 is 4.90 Å². The maximum Gasteiger partial charge on any atom is 0.238 e. The van der Waals surface area contributed by atoms with E-state index in [0.717, 1.165) is 13.0 Å². The molecule has 78 valence electrons. The Bertz CT molecular complexity index is 161. The molecule has 0 aromatic rings. The molecule has 0 bridgehead atoms. The Morgan fingerprint density at radius 2 is 2.08 bits per heavy atom. The minimum absolute atomic E-state index is 0.0680. The lowest BCUT2D eigenvalue weighted by Gasteiger charge is -2.28. The second-order valence-electron chi connectivity index (χ2n) is 3.52. The number of rotatable bonds is 5. The highest BCUT2D eigenvalue weighted by Gasteiger charge is 2.21. The van der Waals surface area contributed by atoms with Crippen LogP contribution in [0.4, 0.5) is 0 Å². The van der Waals surface area contributed by atoms with Crippen LogP contribution in [0.2, 0.25) is 0 Å². The van der Waals surface area contributed by atoms with E-state index in [1.54, 1.807) is 0 Å². The number of hydrazine groups is 1. The molecule has 0 aliphatic carbocycles. The second-order valence-corrected chi connectivity index (χ2v) is 3.52. The third-order valence-electron chi connectivity index (χ3n) is 2.55. The molecule has 2 unspecified atom stereocenters. The summed E-state index contributed by atoms with van der Waals surface area (Å²) >= 11 is 0. The highest BCUT2D eigenvalue weighted by Crippen LogP contribution is 2.09. The smallest absolute Gasteiger partial charge is 0.238 e. The molecule has 0 heterocycles. The van der Waals surface area contributed by atoms with Gasteiger partial charge in [0.15, 0.2) is 0 Å². The molecule has 4 nitrogen and oxygen atoms in total. The summed E-state index contributed by atoms with van der Waals surface area (Å²) < 4.78 is 0. The van der Waals surface area contributed by atoms with Crippen molar-refractivity contribution in [2.45, 2.75) is 33.2 Å². The van der Waals surface area contributed by atoms with Crippen molar-refractivity contribution in [2.24, 2.45) is 11.8 Å². The minimum Gasteiger partial charge on any atom is -0.303 e. The van der Waals surface area contributed by atoms with Crippen LogP contribution in [-0.4, -0.2) is 30.4 Å². The molecule has 2 atom stereocenters. The predicted octanol–water partition coefficient (Wildman–Crippen LogP) is 0.343. The third kappa shape index (κ3) is 3.74. The summed E-state index contributed by atoms with van der Waals surface area (Å²) in [7, 11) is 2.02. The largest absolute Gasteiger partial charge is 0.303 e. The predicted molar refractivity (Wildman–Crippen MR) is 53.9 cm³/mol. The number of carbonyl (C=O) groups excluding carboxylic acids is 1. The number of carbonyl (C=O) groups is 1. The number of hydrogen-bond acceptors (Lipinski definition) is 3. The fourth-order valence-electron chi connectivity index (χ4n) is 1.29. The molecule has 0 aliphatic heterocycles. The molecular formula is C9H21N3O. The van der Waals surface area contributed by atoms with Crippen molar-refractivity contribution in [3.63, 3.8) is 0 Å². The maximum atomic E-state index is 11.2. The Kier molecular flexibility index (Phi) is 5.66. The Morgan fingerprint density at radius 1 is 1.54 bits per heavy atom. The summed E-state index contributed by atoms with van der Waals surface area (Å²) in [5.74, 6) is 4.90. The number of nitrogens with zero attached hydrogens (tertiary/aromatic N) is 1. The first-order valence-electron chi connectivity index (χ1n) is 4.75. The Balaban J connectivity index is 4.07. The fraction of sp³-hybridized carbons (Fsp3) is 0.889. The zero-order valence-corrected chi connectivity index (χ0v) is 9.00. The molecule has 0 rings (SSSR count). The number of hydrogen-bond donors (Lipinski definition) is 2. The molecule has 0 spiro atoms. The van der Waals surface area contributed by atoms with Gasteiger partial charge in [0.2, 0.25) is 5.91 Å². The van der Waals surface area contributed by atoms with Crippen molar-refractivity contribution in [1.82, 2.24) is 10.3 Å². The Labute approximate surface area is 80.4 Å². The van der Waals surface area contributed by atoms with Crippen LogP contribution in [0.5, 0.6) is 0 Å². The lowest BCUT2D eigenvalue weighted by atomic mass is 10.0. The SMILES string of the molecule is CCCN(C)C(C)C(C)C(=O)NN. The molecule has 0 radical (unpaired) electrons. The van der Waals surface area contributed by atoms with Gasteiger partial charge in [-0.15, -0.1) is 0 Å². The molecule has 4 heteroatoms. The molecule has 0 fully saturated rings. The first-order chi connectivity index (χ1) is 6.04. The van der Waals surface area contributed by atoms with Crippen molar-refractivity contribution < 1.29 is 4.79 Å². The second kappa shape index (κ2) is 5.94. The Morgan fingerprint density at radius 3 is 2.46 bits per heavy atom. The van der Waals surface area contributed by atoms with E-state index in [4.69, 9.17) is 5.84 Å². The van der Waals surface area contributed by atoms with Gasteiger partial charge >= 0.3 is 0 Å². The van der Waals surface area contributed by atoms with E-state index < -0.39 is 0 Å². The van der Waals surface area contributed by atoms with Crippen LogP contribution in [0.25, 0.3) is 0 Å². The van der Waals surface area contributed by atoms with Crippen molar-refractivity contribution in [1.29, 1.82) is 0 Å². The zero-order chi connectivity index (χ0) is 10.4. The topological polar surface area (TPSA) is 58.4 Å². The standard InChI is InChI=1S/C9H21N3O/c1-5-6-12(4)8(3)7(2)9(13)11-10/h7-8H,5-6,10H2,1-4H3,(H,11,13). The van der Waals surface area contributed by atoms with Crippen LogP contribution in [0.1, 0.15) is 27.2 Å². The highest BCUT2D eigenvalue weighted by molar-refractivity contribution is 5.78. The van der Waals surface area contributed by atoms with Crippen molar-refractivity contribution in [3.8, 4) is 0 Å². The molecule has 0 aliphatic rings. The summed E-state index contributed by atoms with van der Waals surface area (Å²) in [4.78, 5) is 13.4. The van der Waals surface area contributed by atoms with E-state index in [9.17, 15) is 4.79 Å². The van der Waals surface area contributed by atoms with Crippen molar-refractivity contribution >= 4 is 5.91 Å². The van der Waals surface area contributed by atoms with Gasteiger partial charge in [-0.2, -0.15) is 0 Å². The van der Waals surface area contributed by atoms with Crippen molar-refractivity contribution in [3.05, 3.63) is 0 Å². The van der Waals surface area contributed by atoms with Crippen LogP contribution in [0.3, 0.4) is 0 Å². The summed E-state index contributed by atoms with van der Waals surface area (Å²) in [6.45, 7) is 7.05. The van der Waals surface area contributed by atoms with E-state index in [1.165, 1.54) is 0 Å². The van der Waals surface area contributed by atoms with Crippen LogP contribution >= 0.6 is 0 Å². The Hall–Kier alpha value is -0.610.